The van der Waals surface area contributed by atoms with E-state index in [1.807, 2.05) is 19.2 Å². The van der Waals surface area contributed by atoms with Crippen LogP contribution in [-0.4, -0.2) is 28.8 Å². The van der Waals surface area contributed by atoms with E-state index in [4.69, 9.17) is 0 Å². The minimum atomic E-state index is -0.314. The largest absolute Gasteiger partial charge is 0.352 e. The lowest BCUT2D eigenvalue weighted by molar-refractivity contribution is 0.613. The van der Waals surface area contributed by atoms with Gasteiger partial charge in [-0.2, -0.15) is 11.8 Å². The summed E-state index contributed by atoms with van der Waals surface area (Å²) in [5.41, 5.74) is 3.23. The summed E-state index contributed by atoms with van der Waals surface area (Å²) in [4.78, 5) is 8.35. The zero-order valence-electron chi connectivity index (χ0n) is 17.2. The highest BCUT2D eigenvalue weighted by molar-refractivity contribution is 7.97. The Morgan fingerprint density at radius 2 is 1.90 bits per heavy atom. The molecule has 0 aliphatic heterocycles. The lowest BCUT2D eigenvalue weighted by Crippen LogP contribution is -2.36. The summed E-state index contributed by atoms with van der Waals surface area (Å²) in [6, 6.07) is 9.93. The minimum absolute atomic E-state index is 0.235. The first-order valence-corrected chi connectivity index (χ1v) is 10.9. The predicted octanol–water partition coefficient (Wildman–Crippen LogP) is 4.19. The van der Waals surface area contributed by atoms with E-state index in [1.54, 1.807) is 54.0 Å². The van der Waals surface area contributed by atoms with Crippen LogP contribution in [0, 0.1) is 18.6 Å². The molecule has 2 aromatic carbocycles. The third kappa shape index (κ3) is 5.38. The van der Waals surface area contributed by atoms with E-state index in [9.17, 15) is 8.78 Å². The lowest BCUT2D eigenvalue weighted by atomic mass is 10.1. The third-order valence-electron chi connectivity index (χ3n) is 4.70. The maximum absolute atomic E-state index is 14.6. The van der Waals surface area contributed by atoms with Crippen molar-refractivity contribution in [2.24, 2.45) is 4.99 Å². The van der Waals surface area contributed by atoms with E-state index in [0.717, 1.165) is 28.3 Å². The quantitative estimate of drug-likeness (QED) is 0.437. The summed E-state index contributed by atoms with van der Waals surface area (Å²) < 4.78 is 29.8. The summed E-state index contributed by atoms with van der Waals surface area (Å²) in [6.45, 7) is 2.76. The Morgan fingerprint density at radius 1 is 1.10 bits per heavy atom. The summed E-state index contributed by atoms with van der Waals surface area (Å²) >= 11 is 1.65. The number of halogens is 2. The molecular formula is C22H25F2N5S. The molecule has 158 valence electrons. The monoisotopic (exact) mass is 429 g/mol. The van der Waals surface area contributed by atoms with Crippen molar-refractivity contribution in [1.82, 2.24) is 20.2 Å². The Hall–Kier alpha value is -2.87. The number of thioether (sulfide) groups is 1. The van der Waals surface area contributed by atoms with Crippen LogP contribution in [0.15, 0.2) is 53.8 Å². The molecule has 30 heavy (non-hydrogen) atoms. The summed E-state index contributed by atoms with van der Waals surface area (Å²) in [5, 5.41) is 6.42. The van der Waals surface area contributed by atoms with Gasteiger partial charge in [-0.15, -0.1) is 0 Å². The fourth-order valence-corrected chi connectivity index (χ4v) is 3.71. The second-order valence-corrected chi connectivity index (χ2v) is 7.62. The van der Waals surface area contributed by atoms with Crippen LogP contribution in [0.1, 0.15) is 22.5 Å². The molecule has 0 unspecified atom stereocenters. The van der Waals surface area contributed by atoms with Gasteiger partial charge in [-0.05, 0) is 54.1 Å². The van der Waals surface area contributed by atoms with Gasteiger partial charge in [-0.1, -0.05) is 12.1 Å². The molecule has 1 heterocycles. The van der Waals surface area contributed by atoms with Crippen molar-refractivity contribution in [2.45, 2.75) is 25.8 Å². The van der Waals surface area contributed by atoms with Crippen LogP contribution < -0.4 is 10.6 Å². The smallest absolute Gasteiger partial charge is 0.191 e. The average molecular weight is 430 g/mol. The summed E-state index contributed by atoms with van der Waals surface area (Å²) in [6.07, 6.45) is 5.37. The van der Waals surface area contributed by atoms with Gasteiger partial charge in [0.15, 0.2) is 5.96 Å². The van der Waals surface area contributed by atoms with Crippen molar-refractivity contribution in [3.63, 3.8) is 0 Å². The highest BCUT2D eigenvalue weighted by Gasteiger charge is 2.09. The SMILES string of the molecule is CN=C(NCc1ccc(-n2ccnc2C)c(F)c1)NCc1ccc(F)cc1CSC. The molecular weight excluding hydrogens is 404 g/mol. The molecule has 0 amide bonds. The molecule has 3 rings (SSSR count). The first-order valence-electron chi connectivity index (χ1n) is 9.51. The van der Waals surface area contributed by atoms with Gasteiger partial charge in [0.05, 0.1) is 5.69 Å². The molecule has 0 aliphatic rings. The van der Waals surface area contributed by atoms with Gasteiger partial charge in [0.2, 0.25) is 0 Å². The maximum Gasteiger partial charge on any atom is 0.191 e. The maximum atomic E-state index is 14.6. The Bertz CT molecular complexity index is 1030. The fourth-order valence-electron chi connectivity index (χ4n) is 3.13. The Morgan fingerprint density at radius 3 is 2.57 bits per heavy atom. The fraction of sp³-hybridized carbons (Fsp3) is 0.273. The van der Waals surface area contributed by atoms with E-state index in [-0.39, 0.29) is 11.6 Å². The van der Waals surface area contributed by atoms with E-state index >= 15 is 0 Å². The number of aryl methyl sites for hydroxylation is 1. The van der Waals surface area contributed by atoms with Crippen molar-refractivity contribution >= 4 is 17.7 Å². The van der Waals surface area contributed by atoms with Gasteiger partial charge < -0.3 is 15.2 Å². The van der Waals surface area contributed by atoms with Crippen LogP contribution in [0.4, 0.5) is 8.78 Å². The van der Waals surface area contributed by atoms with Crippen LogP contribution in [0.5, 0.6) is 0 Å². The molecule has 3 aromatic rings. The Kier molecular flexibility index (Phi) is 7.46. The number of hydrogen-bond donors (Lipinski definition) is 2. The zero-order valence-corrected chi connectivity index (χ0v) is 18.1. The molecule has 0 saturated carbocycles. The molecule has 0 bridgehead atoms. The molecule has 0 aliphatic carbocycles. The number of nitrogens with zero attached hydrogens (tertiary/aromatic N) is 3. The molecule has 8 heteroatoms. The first kappa shape index (κ1) is 21.8. The topological polar surface area (TPSA) is 54.2 Å². The van der Waals surface area contributed by atoms with Crippen LogP contribution in [0.25, 0.3) is 5.69 Å². The molecule has 0 saturated heterocycles. The van der Waals surface area contributed by atoms with E-state index < -0.39 is 0 Å². The Balaban J connectivity index is 1.61. The van der Waals surface area contributed by atoms with E-state index in [2.05, 4.69) is 20.6 Å². The number of imidazole rings is 1. The number of aliphatic imine (C=N–C) groups is 1. The van der Waals surface area contributed by atoms with Gasteiger partial charge in [-0.3, -0.25) is 4.99 Å². The number of rotatable bonds is 7. The molecule has 0 spiro atoms. The van der Waals surface area contributed by atoms with E-state index in [1.165, 1.54) is 12.1 Å². The van der Waals surface area contributed by atoms with Crippen molar-refractivity contribution in [1.29, 1.82) is 0 Å². The first-order chi connectivity index (χ1) is 14.5. The second kappa shape index (κ2) is 10.2. The van der Waals surface area contributed by atoms with Gasteiger partial charge in [0.1, 0.15) is 17.5 Å². The van der Waals surface area contributed by atoms with Gasteiger partial charge in [0.25, 0.3) is 0 Å². The summed E-state index contributed by atoms with van der Waals surface area (Å²) in [5.74, 6) is 1.51. The number of hydrogen-bond acceptors (Lipinski definition) is 3. The summed E-state index contributed by atoms with van der Waals surface area (Å²) in [7, 11) is 1.67. The number of nitrogens with one attached hydrogen (secondary N) is 2. The standard InChI is InChI=1S/C22H25F2N5S/c1-15-26-8-9-29(15)21-7-4-16(10-20(21)24)12-27-22(25-2)28-13-17-5-6-19(23)11-18(17)14-30-3/h4-11H,12-14H2,1-3H3,(H2,25,27,28). The normalized spacial score (nSPS) is 11.6. The van der Waals surface area contributed by atoms with Crippen molar-refractivity contribution in [2.75, 3.05) is 13.3 Å². The van der Waals surface area contributed by atoms with Gasteiger partial charge >= 0.3 is 0 Å². The molecule has 2 N–H and O–H groups in total. The van der Waals surface area contributed by atoms with Crippen molar-refractivity contribution < 1.29 is 8.78 Å². The molecule has 0 fully saturated rings. The highest BCUT2D eigenvalue weighted by atomic mass is 32.2. The van der Waals surface area contributed by atoms with Crippen molar-refractivity contribution in [3.8, 4) is 5.69 Å². The van der Waals surface area contributed by atoms with Crippen LogP contribution in [0.2, 0.25) is 0 Å². The van der Waals surface area contributed by atoms with Gasteiger partial charge in [0, 0.05) is 38.3 Å². The Labute approximate surface area is 179 Å². The number of guanidine groups is 1. The van der Waals surface area contributed by atoms with Gasteiger partial charge in [-0.25, -0.2) is 13.8 Å². The lowest BCUT2D eigenvalue weighted by Gasteiger charge is -2.15. The number of benzene rings is 2. The molecule has 1 aromatic heterocycles. The van der Waals surface area contributed by atoms with Crippen LogP contribution >= 0.6 is 11.8 Å². The average Bonchev–Trinajstić information content (AvgIpc) is 3.15. The van der Waals surface area contributed by atoms with Crippen LogP contribution in [-0.2, 0) is 18.8 Å². The number of aromatic nitrogens is 2. The molecule has 5 nitrogen and oxygen atoms in total. The molecule has 0 radical (unpaired) electrons. The third-order valence-corrected chi connectivity index (χ3v) is 5.30. The van der Waals surface area contributed by atoms with Crippen molar-refractivity contribution in [3.05, 3.63) is 82.9 Å². The predicted molar refractivity (Wildman–Crippen MR) is 119 cm³/mol. The highest BCUT2D eigenvalue weighted by Crippen LogP contribution is 2.18. The van der Waals surface area contributed by atoms with E-state index in [0.29, 0.717) is 24.7 Å². The second-order valence-electron chi connectivity index (χ2n) is 6.76. The zero-order chi connectivity index (χ0) is 21.5. The molecule has 0 atom stereocenters. The minimum Gasteiger partial charge on any atom is -0.352 e. The van der Waals surface area contributed by atoms with Crippen LogP contribution in [0.3, 0.4) is 0 Å².